The predicted molar refractivity (Wildman–Crippen MR) is 116 cm³/mol. The minimum absolute atomic E-state index is 0.213. The van der Waals surface area contributed by atoms with Crippen molar-refractivity contribution in [3.8, 4) is 0 Å². The lowest BCUT2D eigenvalue weighted by Crippen LogP contribution is -2.34. The summed E-state index contributed by atoms with van der Waals surface area (Å²) >= 11 is 12.4. The van der Waals surface area contributed by atoms with E-state index >= 15 is 0 Å². The molecule has 0 atom stereocenters. The summed E-state index contributed by atoms with van der Waals surface area (Å²) in [5, 5.41) is 3.95. The molecule has 0 aromatic heterocycles. The van der Waals surface area contributed by atoms with Gasteiger partial charge in [-0.3, -0.25) is 14.5 Å². The number of carbonyl (C=O) groups excluding carboxylic acids is 2. The van der Waals surface area contributed by atoms with Crippen LogP contribution in [0.25, 0.3) is 5.57 Å². The lowest BCUT2D eigenvalue weighted by Gasteiger charge is -2.15. The van der Waals surface area contributed by atoms with E-state index in [2.05, 4.69) is 5.32 Å². The average molecular weight is 433 g/mol. The number of anilines is 1. The van der Waals surface area contributed by atoms with Gasteiger partial charge in [-0.15, -0.1) is 0 Å². The van der Waals surface area contributed by atoms with Crippen molar-refractivity contribution in [2.45, 2.75) is 20.3 Å². The van der Waals surface area contributed by atoms with E-state index in [0.717, 1.165) is 16.8 Å². The Balaban J connectivity index is 2.08. The fraction of sp³-hybridized carbons (Fsp3) is 0.273. The van der Waals surface area contributed by atoms with Gasteiger partial charge in [-0.1, -0.05) is 41.4 Å². The molecule has 0 radical (unpaired) electrons. The Morgan fingerprint density at radius 3 is 2.52 bits per heavy atom. The van der Waals surface area contributed by atoms with Gasteiger partial charge in [0.1, 0.15) is 5.70 Å². The van der Waals surface area contributed by atoms with Gasteiger partial charge in [-0.25, -0.2) is 0 Å². The van der Waals surface area contributed by atoms with Crippen molar-refractivity contribution in [1.82, 2.24) is 4.90 Å². The molecule has 29 heavy (non-hydrogen) atoms. The molecular weight excluding hydrogens is 411 g/mol. The molecule has 1 heterocycles. The Kier molecular flexibility index (Phi) is 6.63. The van der Waals surface area contributed by atoms with Crippen LogP contribution < -0.4 is 5.32 Å². The molecule has 0 bridgehead atoms. The fourth-order valence-corrected chi connectivity index (χ4v) is 3.73. The zero-order valence-electron chi connectivity index (χ0n) is 16.5. The molecule has 2 aromatic rings. The Morgan fingerprint density at radius 2 is 1.83 bits per heavy atom. The number of rotatable bonds is 7. The number of benzene rings is 2. The second-order valence-electron chi connectivity index (χ2n) is 6.85. The Hall–Kier alpha value is -2.34. The van der Waals surface area contributed by atoms with Gasteiger partial charge in [0.15, 0.2) is 0 Å². The first-order valence-corrected chi connectivity index (χ1v) is 9.98. The van der Waals surface area contributed by atoms with Crippen molar-refractivity contribution < 1.29 is 14.3 Å². The van der Waals surface area contributed by atoms with Crippen LogP contribution in [0.2, 0.25) is 10.0 Å². The van der Waals surface area contributed by atoms with Crippen molar-refractivity contribution in [2.75, 3.05) is 25.6 Å². The summed E-state index contributed by atoms with van der Waals surface area (Å²) in [4.78, 5) is 27.6. The zero-order chi connectivity index (χ0) is 21.1. The minimum Gasteiger partial charge on any atom is -0.385 e. The lowest BCUT2D eigenvalue weighted by molar-refractivity contribution is -0.136. The number of imide groups is 1. The van der Waals surface area contributed by atoms with E-state index in [1.807, 2.05) is 32.0 Å². The maximum atomic E-state index is 13.2. The van der Waals surface area contributed by atoms with Crippen molar-refractivity contribution >= 4 is 46.3 Å². The molecule has 0 saturated heterocycles. The van der Waals surface area contributed by atoms with Gasteiger partial charge in [-0.2, -0.15) is 0 Å². The molecule has 152 valence electrons. The molecule has 1 N–H and O–H groups in total. The molecule has 1 aliphatic heterocycles. The Bertz CT molecular complexity index is 1000. The van der Waals surface area contributed by atoms with Crippen LogP contribution in [0.15, 0.2) is 42.1 Å². The maximum Gasteiger partial charge on any atom is 0.278 e. The second kappa shape index (κ2) is 8.99. The summed E-state index contributed by atoms with van der Waals surface area (Å²) in [7, 11) is 1.58. The third-order valence-electron chi connectivity index (χ3n) is 4.96. The molecule has 2 aromatic carbocycles. The van der Waals surface area contributed by atoms with E-state index in [4.69, 9.17) is 27.9 Å². The van der Waals surface area contributed by atoms with Crippen LogP contribution in [0.1, 0.15) is 23.1 Å². The van der Waals surface area contributed by atoms with Gasteiger partial charge in [0.2, 0.25) is 0 Å². The molecule has 0 fully saturated rings. The first-order valence-electron chi connectivity index (χ1n) is 9.23. The molecule has 2 amide bonds. The third kappa shape index (κ3) is 4.32. The van der Waals surface area contributed by atoms with Gasteiger partial charge < -0.3 is 10.1 Å². The molecular formula is C22H22Cl2N2O3. The molecule has 0 spiro atoms. The highest BCUT2D eigenvalue weighted by molar-refractivity contribution is 6.41. The maximum absolute atomic E-state index is 13.2. The molecule has 3 rings (SSSR count). The van der Waals surface area contributed by atoms with Crippen molar-refractivity contribution in [1.29, 1.82) is 0 Å². The largest absolute Gasteiger partial charge is 0.385 e. The molecule has 0 aliphatic carbocycles. The van der Waals surface area contributed by atoms with E-state index in [1.165, 1.54) is 4.90 Å². The van der Waals surface area contributed by atoms with Gasteiger partial charge in [0.25, 0.3) is 11.8 Å². The highest BCUT2D eigenvalue weighted by atomic mass is 35.5. The fourth-order valence-electron chi connectivity index (χ4n) is 3.23. The van der Waals surface area contributed by atoms with E-state index in [1.54, 1.807) is 25.3 Å². The number of aryl methyl sites for hydroxylation is 1. The Labute approximate surface area is 180 Å². The topological polar surface area (TPSA) is 58.6 Å². The summed E-state index contributed by atoms with van der Waals surface area (Å²) in [6.07, 6.45) is 0.548. The summed E-state index contributed by atoms with van der Waals surface area (Å²) in [6.45, 7) is 4.67. The van der Waals surface area contributed by atoms with Gasteiger partial charge >= 0.3 is 0 Å². The SMILES string of the molecule is COCCCN1C(=O)C(Nc2cccc(C)c2C)=C(c2ccc(Cl)cc2Cl)C1=O. The number of halogens is 2. The van der Waals surface area contributed by atoms with Crippen LogP contribution in [0.3, 0.4) is 0 Å². The van der Waals surface area contributed by atoms with E-state index in [0.29, 0.717) is 28.6 Å². The van der Waals surface area contributed by atoms with Crippen LogP contribution in [0.4, 0.5) is 5.69 Å². The number of hydrogen-bond donors (Lipinski definition) is 1. The predicted octanol–water partition coefficient (Wildman–Crippen LogP) is 4.84. The molecule has 5 nitrogen and oxygen atoms in total. The van der Waals surface area contributed by atoms with Crippen molar-refractivity contribution in [3.05, 3.63) is 68.8 Å². The van der Waals surface area contributed by atoms with Crippen LogP contribution in [0, 0.1) is 13.8 Å². The number of nitrogens with one attached hydrogen (secondary N) is 1. The van der Waals surface area contributed by atoms with Gasteiger partial charge in [0.05, 0.1) is 10.6 Å². The van der Waals surface area contributed by atoms with Crippen molar-refractivity contribution in [3.63, 3.8) is 0 Å². The lowest BCUT2D eigenvalue weighted by atomic mass is 10.0. The molecule has 0 unspecified atom stereocenters. The number of hydrogen-bond acceptors (Lipinski definition) is 4. The number of nitrogens with zero attached hydrogens (tertiary/aromatic N) is 1. The standard InChI is InChI=1S/C22H22Cl2N2O3/c1-13-6-4-7-18(14(13)2)25-20-19(16-9-8-15(23)12-17(16)24)21(27)26(22(20)28)10-5-11-29-3/h4,6-9,12,25H,5,10-11H2,1-3H3. The second-order valence-corrected chi connectivity index (χ2v) is 7.70. The number of carbonyl (C=O) groups is 2. The van der Waals surface area contributed by atoms with Gasteiger partial charge in [0, 0.05) is 36.5 Å². The summed E-state index contributed by atoms with van der Waals surface area (Å²) < 4.78 is 5.05. The average Bonchev–Trinajstić information content (AvgIpc) is 2.90. The summed E-state index contributed by atoms with van der Waals surface area (Å²) in [6, 6.07) is 10.6. The van der Waals surface area contributed by atoms with E-state index in [9.17, 15) is 9.59 Å². The zero-order valence-corrected chi connectivity index (χ0v) is 18.0. The summed E-state index contributed by atoms with van der Waals surface area (Å²) in [5.41, 5.74) is 3.77. The number of methoxy groups -OCH3 is 1. The van der Waals surface area contributed by atoms with Crippen LogP contribution in [-0.2, 0) is 14.3 Å². The number of ether oxygens (including phenoxy) is 1. The smallest absolute Gasteiger partial charge is 0.278 e. The van der Waals surface area contributed by atoms with E-state index < -0.39 is 0 Å². The van der Waals surface area contributed by atoms with Gasteiger partial charge in [-0.05, 0) is 49.6 Å². The first-order chi connectivity index (χ1) is 13.8. The normalized spacial score (nSPS) is 14.2. The highest BCUT2D eigenvalue weighted by Gasteiger charge is 2.39. The quantitative estimate of drug-likeness (QED) is 0.502. The minimum atomic E-state index is -0.386. The van der Waals surface area contributed by atoms with Crippen LogP contribution in [0.5, 0.6) is 0 Å². The number of amides is 2. The Morgan fingerprint density at radius 1 is 1.07 bits per heavy atom. The monoisotopic (exact) mass is 432 g/mol. The molecule has 0 saturated carbocycles. The van der Waals surface area contributed by atoms with Crippen LogP contribution in [-0.4, -0.2) is 37.0 Å². The molecule has 1 aliphatic rings. The van der Waals surface area contributed by atoms with Crippen molar-refractivity contribution in [2.24, 2.45) is 0 Å². The van der Waals surface area contributed by atoms with Crippen LogP contribution >= 0.6 is 23.2 Å². The van der Waals surface area contributed by atoms with E-state index in [-0.39, 0.29) is 29.6 Å². The molecule has 7 heteroatoms. The highest BCUT2D eigenvalue weighted by Crippen LogP contribution is 2.36. The third-order valence-corrected chi connectivity index (χ3v) is 5.51. The summed E-state index contributed by atoms with van der Waals surface area (Å²) in [5.74, 6) is -0.767. The first kappa shape index (κ1) is 21.4.